The summed E-state index contributed by atoms with van der Waals surface area (Å²) in [5.74, 6) is 1.44. The number of hydrogen-bond acceptors (Lipinski definition) is 4. The fourth-order valence-electron chi connectivity index (χ4n) is 2.89. The summed E-state index contributed by atoms with van der Waals surface area (Å²) in [6, 6.07) is 21.2. The largest absolute Gasteiger partial charge is 0.494 e. The number of hydrogen-bond donors (Lipinski definition) is 1. The van der Waals surface area contributed by atoms with Crippen molar-refractivity contribution in [3.8, 4) is 5.75 Å². The van der Waals surface area contributed by atoms with Gasteiger partial charge in [0.25, 0.3) is 5.91 Å². The molecule has 2 aromatic carbocycles. The lowest BCUT2D eigenvalue weighted by Gasteiger charge is -2.21. The SMILES string of the molecule is CCOc1ccc(Nc2cc(C(=O)N(CC)Cc3ccccc3)ccn2)cc1. The summed E-state index contributed by atoms with van der Waals surface area (Å²) in [6.45, 7) is 5.80. The van der Waals surface area contributed by atoms with E-state index in [4.69, 9.17) is 4.74 Å². The van der Waals surface area contributed by atoms with Gasteiger partial charge in [-0.05, 0) is 55.8 Å². The number of carbonyl (C=O) groups excluding carboxylic acids is 1. The first-order valence-corrected chi connectivity index (χ1v) is 9.48. The molecule has 0 unspecified atom stereocenters. The van der Waals surface area contributed by atoms with Crippen molar-refractivity contribution >= 4 is 17.4 Å². The highest BCUT2D eigenvalue weighted by Gasteiger charge is 2.15. The number of rotatable bonds is 8. The number of anilines is 2. The molecule has 0 radical (unpaired) electrons. The van der Waals surface area contributed by atoms with Gasteiger partial charge in [-0.2, -0.15) is 0 Å². The van der Waals surface area contributed by atoms with Crippen molar-refractivity contribution in [3.05, 3.63) is 84.1 Å². The summed E-state index contributed by atoms with van der Waals surface area (Å²) in [5.41, 5.74) is 2.61. The molecule has 0 saturated heterocycles. The smallest absolute Gasteiger partial charge is 0.254 e. The molecule has 5 nitrogen and oxygen atoms in total. The molecule has 1 amide bonds. The Labute approximate surface area is 166 Å². The number of benzene rings is 2. The van der Waals surface area contributed by atoms with Crippen LogP contribution in [0.4, 0.5) is 11.5 Å². The molecular formula is C23H25N3O2. The maximum atomic E-state index is 13.0. The summed E-state index contributed by atoms with van der Waals surface area (Å²) in [4.78, 5) is 19.1. The molecule has 0 fully saturated rings. The molecule has 0 bridgehead atoms. The molecule has 1 aromatic heterocycles. The Kier molecular flexibility index (Phi) is 6.63. The van der Waals surface area contributed by atoms with E-state index in [1.54, 1.807) is 18.3 Å². The Morgan fingerprint density at radius 3 is 2.46 bits per heavy atom. The molecule has 0 aliphatic carbocycles. The van der Waals surface area contributed by atoms with Gasteiger partial charge in [0, 0.05) is 30.5 Å². The van der Waals surface area contributed by atoms with Gasteiger partial charge in [-0.25, -0.2) is 4.98 Å². The molecule has 3 aromatic rings. The highest BCUT2D eigenvalue weighted by molar-refractivity contribution is 5.95. The van der Waals surface area contributed by atoms with Crippen LogP contribution in [-0.2, 0) is 6.54 Å². The van der Waals surface area contributed by atoms with Crippen molar-refractivity contribution < 1.29 is 9.53 Å². The molecule has 0 aliphatic heterocycles. The molecule has 5 heteroatoms. The number of carbonyl (C=O) groups is 1. The third kappa shape index (κ3) is 5.10. The Morgan fingerprint density at radius 1 is 1.04 bits per heavy atom. The van der Waals surface area contributed by atoms with Crippen LogP contribution in [-0.4, -0.2) is 28.9 Å². The molecule has 3 rings (SSSR count). The summed E-state index contributed by atoms with van der Waals surface area (Å²) in [5, 5.41) is 3.24. The van der Waals surface area contributed by atoms with Gasteiger partial charge in [0.05, 0.1) is 6.61 Å². The Bertz CT molecular complexity index is 895. The second kappa shape index (κ2) is 9.55. The Hall–Kier alpha value is -3.34. The van der Waals surface area contributed by atoms with Crippen LogP contribution in [0.15, 0.2) is 72.9 Å². The highest BCUT2D eigenvalue weighted by atomic mass is 16.5. The monoisotopic (exact) mass is 375 g/mol. The first-order chi connectivity index (χ1) is 13.7. The average Bonchev–Trinajstić information content (AvgIpc) is 2.74. The highest BCUT2D eigenvalue weighted by Crippen LogP contribution is 2.20. The number of aromatic nitrogens is 1. The van der Waals surface area contributed by atoms with E-state index >= 15 is 0 Å². The van der Waals surface area contributed by atoms with E-state index in [9.17, 15) is 4.79 Å². The normalized spacial score (nSPS) is 10.4. The van der Waals surface area contributed by atoms with Crippen molar-refractivity contribution in [3.63, 3.8) is 0 Å². The van der Waals surface area contributed by atoms with Crippen LogP contribution in [0.3, 0.4) is 0 Å². The topological polar surface area (TPSA) is 54.5 Å². The molecule has 144 valence electrons. The van der Waals surface area contributed by atoms with Crippen LogP contribution < -0.4 is 10.1 Å². The summed E-state index contributed by atoms with van der Waals surface area (Å²) in [7, 11) is 0. The Morgan fingerprint density at radius 2 is 1.79 bits per heavy atom. The quantitative estimate of drug-likeness (QED) is 0.609. The van der Waals surface area contributed by atoms with Gasteiger partial charge < -0.3 is 15.0 Å². The van der Waals surface area contributed by atoms with E-state index in [-0.39, 0.29) is 5.91 Å². The Balaban J connectivity index is 1.71. The van der Waals surface area contributed by atoms with Gasteiger partial charge in [-0.3, -0.25) is 4.79 Å². The first-order valence-electron chi connectivity index (χ1n) is 9.48. The minimum atomic E-state index is -0.0107. The van der Waals surface area contributed by atoms with E-state index in [1.165, 1.54) is 0 Å². The number of nitrogens with one attached hydrogen (secondary N) is 1. The fourth-order valence-corrected chi connectivity index (χ4v) is 2.89. The van der Waals surface area contributed by atoms with Crippen LogP contribution in [0, 0.1) is 0 Å². The van der Waals surface area contributed by atoms with Crippen molar-refractivity contribution in [1.82, 2.24) is 9.88 Å². The third-order valence-electron chi connectivity index (χ3n) is 4.33. The van der Waals surface area contributed by atoms with Crippen LogP contribution in [0.2, 0.25) is 0 Å². The molecule has 0 saturated carbocycles. The minimum Gasteiger partial charge on any atom is -0.494 e. The fraction of sp³-hybridized carbons (Fsp3) is 0.217. The van der Waals surface area contributed by atoms with Crippen molar-refractivity contribution in [2.45, 2.75) is 20.4 Å². The first kappa shape index (κ1) is 19.4. The minimum absolute atomic E-state index is 0.0107. The van der Waals surface area contributed by atoms with Gasteiger partial charge >= 0.3 is 0 Å². The van der Waals surface area contributed by atoms with Gasteiger partial charge in [0.15, 0.2) is 0 Å². The van der Waals surface area contributed by atoms with Crippen LogP contribution >= 0.6 is 0 Å². The number of pyridine rings is 1. The maximum absolute atomic E-state index is 13.0. The van der Waals surface area contributed by atoms with Gasteiger partial charge in [0.1, 0.15) is 11.6 Å². The lowest BCUT2D eigenvalue weighted by molar-refractivity contribution is 0.0752. The van der Waals surface area contributed by atoms with E-state index < -0.39 is 0 Å². The zero-order chi connectivity index (χ0) is 19.8. The molecule has 28 heavy (non-hydrogen) atoms. The zero-order valence-electron chi connectivity index (χ0n) is 16.3. The van der Waals surface area contributed by atoms with Crippen molar-refractivity contribution in [2.75, 3.05) is 18.5 Å². The molecular weight excluding hydrogens is 350 g/mol. The van der Waals surface area contributed by atoms with E-state index in [1.807, 2.05) is 73.3 Å². The van der Waals surface area contributed by atoms with Crippen molar-refractivity contribution in [1.29, 1.82) is 0 Å². The van der Waals surface area contributed by atoms with Gasteiger partial charge in [-0.15, -0.1) is 0 Å². The van der Waals surface area contributed by atoms with Gasteiger partial charge in [-0.1, -0.05) is 30.3 Å². The summed E-state index contributed by atoms with van der Waals surface area (Å²) in [6.07, 6.45) is 1.65. The van der Waals surface area contributed by atoms with Crippen LogP contribution in [0.1, 0.15) is 29.8 Å². The third-order valence-corrected chi connectivity index (χ3v) is 4.33. The zero-order valence-corrected chi connectivity index (χ0v) is 16.3. The van der Waals surface area contributed by atoms with Crippen LogP contribution in [0.25, 0.3) is 0 Å². The molecule has 0 aliphatic rings. The second-order valence-corrected chi connectivity index (χ2v) is 6.32. The lowest BCUT2D eigenvalue weighted by Crippen LogP contribution is -2.30. The predicted octanol–water partition coefficient (Wildman–Crippen LogP) is 4.89. The second-order valence-electron chi connectivity index (χ2n) is 6.32. The van der Waals surface area contributed by atoms with Crippen LogP contribution in [0.5, 0.6) is 5.75 Å². The maximum Gasteiger partial charge on any atom is 0.254 e. The summed E-state index contributed by atoms with van der Waals surface area (Å²) < 4.78 is 5.46. The molecule has 1 N–H and O–H groups in total. The van der Waals surface area contributed by atoms with Crippen molar-refractivity contribution in [2.24, 2.45) is 0 Å². The molecule has 0 atom stereocenters. The predicted molar refractivity (Wildman–Crippen MR) is 112 cm³/mol. The number of nitrogens with zero attached hydrogens (tertiary/aromatic N) is 2. The number of amides is 1. The molecule has 0 spiro atoms. The van der Waals surface area contributed by atoms with E-state index in [0.29, 0.717) is 31.1 Å². The average molecular weight is 375 g/mol. The number of ether oxygens (including phenoxy) is 1. The van der Waals surface area contributed by atoms with E-state index in [2.05, 4.69) is 10.3 Å². The van der Waals surface area contributed by atoms with E-state index in [0.717, 1.165) is 17.0 Å². The molecule has 1 heterocycles. The van der Waals surface area contributed by atoms with Gasteiger partial charge in [0.2, 0.25) is 0 Å². The summed E-state index contributed by atoms with van der Waals surface area (Å²) >= 11 is 0. The standard InChI is InChI=1S/C23H25N3O2/c1-3-26(17-18-8-6-5-7-9-18)23(27)19-14-15-24-22(16-19)25-20-10-12-21(13-11-20)28-4-2/h5-16H,3-4,17H2,1-2H3,(H,24,25). The lowest BCUT2D eigenvalue weighted by atomic mass is 10.1.